The first kappa shape index (κ1) is 23.0. The van der Waals surface area contributed by atoms with Gasteiger partial charge < -0.3 is 15.4 Å². The zero-order valence-electron chi connectivity index (χ0n) is 16.6. The van der Waals surface area contributed by atoms with E-state index >= 15 is 0 Å². The normalized spacial score (nSPS) is 12.0. The Morgan fingerprint density at radius 1 is 1.31 bits per heavy atom. The number of carbonyl (C=O) groups is 1. The highest BCUT2D eigenvalue weighted by Crippen LogP contribution is 2.27. The standard InChI is InChI=1S/C19H15BrF3N7O2/c1-10(27-17(31)12-5-13(20)7-14(6-12)32-19(21,22)23)16-28-18(25-2)29-30(16)15-4-3-11(8-24)9-26-15/h3-7,9-10H,1-2H3,(H,25,29)(H,27,31)/t10-/m0/s1. The van der Waals surface area contributed by atoms with Crippen molar-refractivity contribution in [1.29, 1.82) is 5.26 Å². The van der Waals surface area contributed by atoms with Crippen LogP contribution in [0.25, 0.3) is 5.82 Å². The molecule has 1 atom stereocenters. The lowest BCUT2D eigenvalue weighted by molar-refractivity contribution is -0.274. The van der Waals surface area contributed by atoms with E-state index in [-0.39, 0.29) is 16.0 Å². The molecule has 0 saturated heterocycles. The second kappa shape index (κ2) is 9.23. The third kappa shape index (κ3) is 5.52. The average Bonchev–Trinajstić information content (AvgIpc) is 3.17. The Morgan fingerprint density at radius 2 is 2.06 bits per heavy atom. The number of amides is 1. The van der Waals surface area contributed by atoms with Gasteiger partial charge in [0, 0.05) is 23.3 Å². The molecule has 0 bridgehead atoms. The molecule has 0 fully saturated rings. The summed E-state index contributed by atoms with van der Waals surface area (Å²) in [5.41, 5.74) is 0.305. The zero-order chi connectivity index (χ0) is 23.5. The summed E-state index contributed by atoms with van der Waals surface area (Å²) in [5.74, 6) is -0.263. The Bertz CT molecular complexity index is 1170. The van der Waals surface area contributed by atoms with Crippen LogP contribution in [0.2, 0.25) is 0 Å². The zero-order valence-corrected chi connectivity index (χ0v) is 18.2. The number of pyridine rings is 1. The number of halogens is 4. The Kier molecular flexibility index (Phi) is 6.64. The molecule has 0 radical (unpaired) electrons. The van der Waals surface area contributed by atoms with Gasteiger partial charge in [0.2, 0.25) is 5.95 Å². The van der Waals surface area contributed by atoms with Crippen molar-refractivity contribution < 1.29 is 22.7 Å². The summed E-state index contributed by atoms with van der Waals surface area (Å²) in [6.45, 7) is 1.63. The van der Waals surface area contributed by atoms with Crippen molar-refractivity contribution in [3.8, 4) is 17.6 Å². The molecule has 2 heterocycles. The number of anilines is 1. The second-order valence-electron chi connectivity index (χ2n) is 6.39. The predicted molar refractivity (Wildman–Crippen MR) is 110 cm³/mol. The summed E-state index contributed by atoms with van der Waals surface area (Å²) in [4.78, 5) is 21.2. The van der Waals surface area contributed by atoms with Gasteiger partial charge in [0.05, 0.1) is 11.6 Å². The van der Waals surface area contributed by atoms with Crippen molar-refractivity contribution >= 4 is 27.8 Å². The minimum absolute atomic E-state index is 0.0538. The highest BCUT2D eigenvalue weighted by molar-refractivity contribution is 9.10. The quantitative estimate of drug-likeness (QED) is 0.519. The van der Waals surface area contributed by atoms with Gasteiger partial charge >= 0.3 is 6.36 Å². The first-order chi connectivity index (χ1) is 15.1. The Labute approximate surface area is 188 Å². The number of nitriles is 1. The number of hydrogen-bond acceptors (Lipinski definition) is 7. The van der Waals surface area contributed by atoms with Crippen LogP contribution in [0.5, 0.6) is 5.75 Å². The topological polar surface area (TPSA) is 118 Å². The monoisotopic (exact) mass is 509 g/mol. The Balaban J connectivity index is 1.87. The van der Waals surface area contributed by atoms with E-state index < -0.39 is 24.1 Å². The first-order valence-electron chi connectivity index (χ1n) is 8.98. The van der Waals surface area contributed by atoms with E-state index in [9.17, 15) is 18.0 Å². The van der Waals surface area contributed by atoms with Crippen LogP contribution in [-0.4, -0.2) is 39.1 Å². The maximum absolute atomic E-state index is 12.7. The van der Waals surface area contributed by atoms with Gasteiger partial charge in [-0.25, -0.2) is 4.98 Å². The van der Waals surface area contributed by atoms with Crippen molar-refractivity contribution in [2.24, 2.45) is 0 Å². The molecule has 0 saturated carbocycles. The molecular formula is C19H15BrF3N7O2. The lowest BCUT2D eigenvalue weighted by Crippen LogP contribution is -2.29. The van der Waals surface area contributed by atoms with Crippen LogP contribution in [0.3, 0.4) is 0 Å². The van der Waals surface area contributed by atoms with Gasteiger partial charge in [-0.15, -0.1) is 18.3 Å². The van der Waals surface area contributed by atoms with E-state index in [1.165, 1.54) is 16.9 Å². The highest BCUT2D eigenvalue weighted by Gasteiger charge is 2.31. The van der Waals surface area contributed by atoms with Crippen LogP contribution in [0, 0.1) is 11.3 Å². The molecule has 1 aromatic carbocycles. The van der Waals surface area contributed by atoms with Crippen molar-refractivity contribution in [2.75, 3.05) is 12.4 Å². The van der Waals surface area contributed by atoms with Crippen LogP contribution in [0.4, 0.5) is 19.1 Å². The third-order valence-electron chi connectivity index (χ3n) is 4.05. The maximum atomic E-state index is 12.7. The summed E-state index contributed by atoms with van der Waals surface area (Å²) in [6.07, 6.45) is -3.53. The number of benzene rings is 1. The van der Waals surface area contributed by atoms with Crippen LogP contribution in [0.1, 0.15) is 34.7 Å². The van der Waals surface area contributed by atoms with Gasteiger partial charge in [-0.1, -0.05) is 15.9 Å². The van der Waals surface area contributed by atoms with Crippen molar-refractivity contribution in [3.63, 3.8) is 0 Å². The summed E-state index contributed by atoms with van der Waals surface area (Å²) in [5, 5.41) is 18.7. The number of nitrogens with zero attached hydrogens (tertiary/aromatic N) is 5. The average molecular weight is 510 g/mol. The number of hydrogen-bond donors (Lipinski definition) is 2. The van der Waals surface area contributed by atoms with E-state index in [1.54, 1.807) is 26.1 Å². The molecule has 3 aromatic rings. The van der Waals surface area contributed by atoms with Gasteiger partial charge in [0.25, 0.3) is 5.91 Å². The van der Waals surface area contributed by atoms with E-state index in [1.807, 2.05) is 6.07 Å². The summed E-state index contributed by atoms with van der Waals surface area (Å²) >= 11 is 3.07. The van der Waals surface area contributed by atoms with Gasteiger partial charge in [-0.05, 0) is 37.3 Å². The first-order valence-corrected chi connectivity index (χ1v) is 9.77. The molecule has 2 N–H and O–H groups in total. The molecule has 2 aromatic heterocycles. The summed E-state index contributed by atoms with van der Waals surface area (Å²) < 4.78 is 43.1. The van der Waals surface area contributed by atoms with Crippen LogP contribution >= 0.6 is 15.9 Å². The lowest BCUT2D eigenvalue weighted by atomic mass is 10.2. The fraction of sp³-hybridized carbons (Fsp3) is 0.211. The number of alkyl halides is 3. The molecule has 0 aliphatic carbocycles. The lowest BCUT2D eigenvalue weighted by Gasteiger charge is -2.15. The van der Waals surface area contributed by atoms with Crippen molar-refractivity contribution in [1.82, 2.24) is 25.1 Å². The van der Waals surface area contributed by atoms with Crippen molar-refractivity contribution in [3.05, 3.63) is 58.0 Å². The largest absolute Gasteiger partial charge is 0.573 e. The highest BCUT2D eigenvalue weighted by atomic mass is 79.9. The number of rotatable bonds is 6. The van der Waals surface area contributed by atoms with E-state index in [0.29, 0.717) is 17.2 Å². The molecule has 13 heteroatoms. The van der Waals surface area contributed by atoms with Crippen LogP contribution in [-0.2, 0) is 0 Å². The van der Waals surface area contributed by atoms with Gasteiger partial charge in [0.1, 0.15) is 11.8 Å². The molecule has 32 heavy (non-hydrogen) atoms. The minimum atomic E-state index is -4.89. The molecule has 3 rings (SSSR count). The molecule has 1 amide bonds. The Hall–Kier alpha value is -3.66. The van der Waals surface area contributed by atoms with E-state index in [0.717, 1.165) is 12.1 Å². The molecular weight excluding hydrogens is 495 g/mol. The molecule has 9 nitrogen and oxygen atoms in total. The predicted octanol–water partition coefficient (Wildman–Crippen LogP) is 3.73. The van der Waals surface area contributed by atoms with Gasteiger partial charge in [0.15, 0.2) is 11.6 Å². The van der Waals surface area contributed by atoms with E-state index in [4.69, 9.17) is 5.26 Å². The number of nitrogens with one attached hydrogen (secondary N) is 2. The smallest absolute Gasteiger partial charge is 0.406 e. The number of ether oxygens (including phenoxy) is 1. The Morgan fingerprint density at radius 3 is 2.66 bits per heavy atom. The molecule has 0 aliphatic rings. The second-order valence-corrected chi connectivity index (χ2v) is 7.31. The minimum Gasteiger partial charge on any atom is -0.406 e. The molecule has 0 spiro atoms. The van der Waals surface area contributed by atoms with Crippen molar-refractivity contribution in [2.45, 2.75) is 19.3 Å². The summed E-state index contributed by atoms with van der Waals surface area (Å²) in [7, 11) is 1.61. The SMILES string of the molecule is CNc1nc([C@H](C)NC(=O)c2cc(Br)cc(OC(F)(F)F)c2)n(-c2ccc(C#N)cn2)n1. The fourth-order valence-corrected chi connectivity index (χ4v) is 3.16. The van der Waals surface area contributed by atoms with Crippen LogP contribution < -0.4 is 15.4 Å². The molecule has 166 valence electrons. The van der Waals surface area contributed by atoms with E-state index in [2.05, 4.69) is 46.4 Å². The molecule has 0 unspecified atom stereocenters. The maximum Gasteiger partial charge on any atom is 0.573 e. The summed E-state index contributed by atoms with van der Waals surface area (Å²) in [6, 6.07) is 7.82. The number of carbonyl (C=O) groups excluding carboxylic acids is 1. The van der Waals surface area contributed by atoms with Gasteiger partial charge in [-0.3, -0.25) is 4.79 Å². The number of aromatic nitrogens is 4. The fourth-order valence-electron chi connectivity index (χ4n) is 2.69. The van der Waals surface area contributed by atoms with Gasteiger partial charge in [-0.2, -0.15) is 14.9 Å². The van der Waals surface area contributed by atoms with Crippen LogP contribution in [0.15, 0.2) is 41.0 Å². The third-order valence-corrected chi connectivity index (χ3v) is 4.51. The molecule has 0 aliphatic heterocycles.